The fourth-order valence-electron chi connectivity index (χ4n) is 1.75. The van der Waals surface area contributed by atoms with E-state index in [1.54, 1.807) is 0 Å². The minimum absolute atomic E-state index is 0.548. The highest BCUT2D eigenvalue weighted by atomic mass is 16.5. The van der Waals surface area contributed by atoms with Crippen LogP contribution in [-0.4, -0.2) is 25.8 Å². The monoisotopic (exact) mass is 195 g/mol. The molecule has 0 aromatic carbocycles. The van der Waals surface area contributed by atoms with Gasteiger partial charge in [-0.15, -0.1) is 11.8 Å². The summed E-state index contributed by atoms with van der Waals surface area (Å²) < 4.78 is 5.71. The van der Waals surface area contributed by atoms with Gasteiger partial charge in [-0.05, 0) is 19.8 Å². The van der Waals surface area contributed by atoms with Crippen molar-refractivity contribution in [3.8, 4) is 11.8 Å². The van der Waals surface area contributed by atoms with Crippen molar-refractivity contribution in [2.24, 2.45) is 0 Å². The van der Waals surface area contributed by atoms with Crippen LogP contribution in [0.3, 0.4) is 0 Å². The molecule has 1 rings (SSSR count). The second kappa shape index (κ2) is 7.84. The Balaban J connectivity index is 1.81. The van der Waals surface area contributed by atoms with Crippen molar-refractivity contribution < 1.29 is 4.74 Å². The molecule has 0 bridgehead atoms. The van der Waals surface area contributed by atoms with Crippen LogP contribution in [-0.2, 0) is 4.74 Å². The van der Waals surface area contributed by atoms with Gasteiger partial charge in [0.2, 0.25) is 0 Å². The average molecular weight is 195 g/mol. The van der Waals surface area contributed by atoms with Gasteiger partial charge < -0.3 is 10.1 Å². The summed E-state index contributed by atoms with van der Waals surface area (Å²) in [4.78, 5) is 0. The molecule has 1 aliphatic carbocycles. The number of nitrogens with one attached hydrogen (secondary N) is 1. The lowest BCUT2D eigenvalue weighted by Gasteiger charge is -2.10. The predicted molar refractivity (Wildman–Crippen MR) is 59.1 cm³/mol. The maximum absolute atomic E-state index is 5.71. The molecule has 0 aromatic rings. The lowest BCUT2D eigenvalue weighted by Crippen LogP contribution is -2.22. The number of hydrogen-bond donors (Lipinski definition) is 1. The molecule has 1 fully saturated rings. The van der Waals surface area contributed by atoms with Gasteiger partial charge in [0.1, 0.15) is 0 Å². The highest BCUT2D eigenvalue weighted by Crippen LogP contribution is 2.20. The van der Waals surface area contributed by atoms with Crippen LogP contribution in [0.5, 0.6) is 0 Å². The van der Waals surface area contributed by atoms with Crippen LogP contribution in [0, 0.1) is 11.8 Å². The summed E-state index contributed by atoms with van der Waals surface area (Å²) in [7, 11) is 0. The third-order valence-corrected chi connectivity index (χ3v) is 2.54. The van der Waals surface area contributed by atoms with Crippen molar-refractivity contribution >= 4 is 0 Å². The Labute approximate surface area is 87.4 Å². The standard InChI is InChI=1S/C12H21NO/c1-2-3-6-9-13-10-11-14-12-7-4-5-8-12/h12-13H,4-11H2,1H3. The van der Waals surface area contributed by atoms with Crippen LogP contribution in [0.2, 0.25) is 0 Å². The molecule has 0 unspecified atom stereocenters. The zero-order valence-electron chi connectivity index (χ0n) is 9.14. The average Bonchev–Trinajstić information content (AvgIpc) is 2.69. The van der Waals surface area contributed by atoms with Crippen LogP contribution < -0.4 is 5.32 Å². The van der Waals surface area contributed by atoms with Gasteiger partial charge in [0, 0.05) is 19.5 Å². The molecule has 80 valence electrons. The van der Waals surface area contributed by atoms with Crippen molar-refractivity contribution in [2.75, 3.05) is 19.7 Å². The van der Waals surface area contributed by atoms with Crippen molar-refractivity contribution in [1.29, 1.82) is 0 Å². The topological polar surface area (TPSA) is 21.3 Å². The van der Waals surface area contributed by atoms with Gasteiger partial charge in [0.05, 0.1) is 12.7 Å². The molecule has 0 spiro atoms. The first-order valence-electron chi connectivity index (χ1n) is 5.65. The smallest absolute Gasteiger partial charge is 0.0594 e. The van der Waals surface area contributed by atoms with E-state index in [2.05, 4.69) is 17.2 Å². The Morgan fingerprint density at radius 3 is 2.79 bits per heavy atom. The third-order valence-electron chi connectivity index (χ3n) is 2.54. The van der Waals surface area contributed by atoms with E-state index >= 15 is 0 Å². The van der Waals surface area contributed by atoms with Crippen molar-refractivity contribution in [3.63, 3.8) is 0 Å². The van der Waals surface area contributed by atoms with E-state index in [0.29, 0.717) is 6.10 Å². The highest BCUT2D eigenvalue weighted by molar-refractivity contribution is 4.95. The first kappa shape index (κ1) is 11.6. The largest absolute Gasteiger partial charge is 0.377 e. The first-order chi connectivity index (χ1) is 6.93. The van der Waals surface area contributed by atoms with E-state index in [4.69, 9.17) is 4.74 Å². The van der Waals surface area contributed by atoms with E-state index in [1.165, 1.54) is 25.7 Å². The maximum atomic E-state index is 5.71. The van der Waals surface area contributed by atoms with Crippen LogP contribution >= 0.6 is 0 Å². The van der Waals surface area contributed by atoms with E-state index in [1.807, 2.05) is 6.92 Å². The molecule has 1 aliphatic rings. The second-order valence-corrected chi connectivity index (χ2v) is 3.70. The van der Waals surface area contributed by atoms with Gasteiger partial charge in [-0.1, -0.05) is 12.8 Å². The lowest BCUT2D eigenvalue weighted by molar-refractivity contribution is 0.0605. The third kappa shape index (κ3) is 5.26. The molecular formula is C12H21NO. The van der Waals surface area contributed by atoms with Gasteiger partial charge in [0.25, 0.3) is 0 Å². The summed E-state index contributed by atoms with van der Waals surface area (Å²) in [6.07, 6.45) is 6.73. The molecular weight excluding hydrogens is 174 g/mol. The van der Waals surface area contributed by atoms with E-state index in [9.17, 15) is 0 Å². The molecule has 0 radical (unpaired) electrons. The van der Waals surface area contributed by atoms with Crippen molar-refractivity contribution in [3.05, 3.63) is 0 Å². The fraction of sp³-hybridized carbons (Fsp3) is 0.833. The fourth-order valence-corrected chi connectivity index (χ4v) is 1.75. The molecule has 2 heteroatoms. The molecule has 0 heterocycles. The van der Waals surface area contributed by atoms with Gasteiger partial charge in [-0.3, -0.25) is 0 Å². The summed E-state index contributed by atoms with van der Waals surface area (Å²) in [5, 5.41) is 3.32. The van der Waals surface area contributed by atoms with Gasteiger partial charge >= 0.3 is 0 Å². The van der Waals surface area contributed by atoms with Gasteiger partial charge in [0.15, 0.2) is 0 Å². The van der Waals surface area contributed by atoms with Crippen LogP contribution in [0.4, 0.5) is 0 Å². The van der Waals surface area contributed by atoms with Crippen LogP contribution in [0.25, 0.3) is 0 Å². The quantitative estimate of drug-likeness (QED) is 0.516. The Morgan fingerprint density at radius 1 is 1.29 bits per heavy atom. The lowest BCUT2D eigenvalue weighted by atomic mass is 10.3. The maximum Gasteiger partial charge on any atom is 0.0594 e. The van der Waals surface area contributed by atoms with Crippen LogP contribution in [0.1, 0.15) is 39.0 Å². The molecule has 0 aliphatic heterocycles. The van der Waals surface area contributed by atoms with Gasteiger partial charge in [-0.2, -0.15) is 0 Å². The molecule has 0 amide bonds. The predicted octanol–water partition coefficient (Wildman–Crippen LogP) is 1.95. The molecule has 0 atom stereocenters. The Kier molecular flexibility index (Phi) is 6.47. The van der Waals surface area contributed by atoms with E-state index in [-0.39, 0.29) is 0 Å². The second-order valence-electron chi connectivity index (χ2n) is 3.70. The summed E-state index contributed by atoms with van der Waals surface area (Å²) in [6.45, 7) is 4.67. The summed E-state index contributed by atoms with van der Waals surface area (Å²) in [5.74, 6) is 5.91. The molecule has 1 N–H and O–H groups in total. The molecule has 14 heavy (non-hydrogen) atoms. The Bertz CT molecular complexity index is 186. The number of hydrogen-bond acceptors (Lipinski definition) is 2. The normalized spacial score (nSPS) is 16.6. The summed E-state index contributed by atoms with van der Waals surface area (Å²) >= 11 is 0. The number of rotatable bonds is 6. The summed E-state index contributed by atoms with van der Waals surface area (Å²) in [6, 6.07) is 0. The zero-order valence-corrected chi connectivity index (χ0v) is 9.14. The van der Waals surface area contributed by atoms with Crippen molar-refractivity contribution in [1.82, 2.24) is 5.32 Å². The van der Waals surface area contributed by atoms with E-state index in [0.717, 1.165) is 26.1 Å². The zero-order chi connectivity index (χ0) is 10.1. The highest BCUT2D eigenvalue weighted by Gasteiger charge is 2.14. The van der Waals surface area contributed by atoms with E-state index < -0.39 is 0 Å². The minimum atomic E-state index is 0.548. The molecule has 2 nitrogen and oxygen atoms in total. The minimum Gasteiger partial charge on any atom is -0.377 e. The Hall–Kier alpha value is -0.520. The molecule has 0 aromatic heterocycles. The van der Waals surface area contributed by atoms with Crippen LogP contribution in [0.15, 0.2) is 0 Å². The Morgan fingerprint density at radius 2 is 2.07 bits per heavy atom. The molecule has 0 saturated heterocycles. The molecule has 1 saturated carbocycles. The first-order valence-corrected chi connectivity index (χ1v) is 5.65. The number of ether oxygens (including phenoxy) is 1. The summed E-state index contributed by atoms with van der Waals surface area (Å²) in [5.41, 5.74) is 0. The van der Waals surface area contributed by atoms with Gasteiger partial charge in [-0.25, -0.2) is 0 Å². The van der Waals surface area contributed by atoms with Crippen molar-refractivity contribution in [2.45, 2.75) is 45.1 Å². The SMILES string of the molecule is CC#CCCNCCOC1CCCC1.